The van der Waals surface area contributed by atoms with E-state index in [4.69, 9.17) is 5.11 Å². The van der Waals surface area contributed by atoms with Crippen LogP contribution in [0.3, 0.4) is 0 Å². The molecular weight excluding hydrogens is 202 g/mol. The molecule has 1 atom stereocenters. The standard InChI is InChI=1S/C13H21NO2/c1-9(8-15)6-14-7-12-4-10(2)11(3)5-13(12)16/h4-5,9,14-16H,6-8H2,1-3H3. The first-order valence-electron chi connectivity index (χ1n) is 5.65. The van der Waals surface area contributed by atoms with E-state index in [1.165, 1.54) is 5.56 Å². The van der Waals surface area contributed by atoms with Crippen molar-refractivity contribution in [1.82, 2.24) is 5.32 Å². The summed E-state index contributed by atoms with van der Waals surface area (Å²) in [6.45, 7) is 7.58. The number of phenolic OH excluding ortho intramolecular Hbond substituents is 1. The Morgan fingerprint density at radius 2 is 1.88 bits per heavy atom. The number of hydrogen-bond donors (Lipinski definition) is 3. The minimum Gasteiger partial charge on any atom is -0.508 e. The lowest BCUT2D eigenvalue weighted by Gasteiger charge is -2.12. The van der Waals surface area contributed by atoms with Crippen LogP contribution in [0.15, 0.2) is 12.1 Å². The highest BCUT2D eigenvalue weighted by Gasteiger charge is 2.05. The van der Waals surface area contributed by atoms with Crippen molar-refractivity contribution in [3.63, 3.8) is 0 Å². The molecule has 3 N–H and O–H groups in total. The second-order valence-corrected chi connectivity index (χ2v) is 4.48. The van der Waals surface area contributed by atoms with Crippen molar-refractivity contribution >= 4 is 0 Å². The molecule has 0 radical (unpaired) electrons. The third-order valence-corrected chi connectivity index (χ3v) is 2.81. The molecule has 1 rings (SSSR count). The third kappa shape index (κ3) is 3.51. The molecule has 0 bridgehead atoms. The van der Waals surface area contributed by atoms with E-state index in [1.54, 1.807) is 6.07 Å². The minimum atomic E-state index is 0.186. The fourth-order valence-corrected chi connectivity index (χ4v) is 1.52. The molecule has 0 spiro atoms. The fraction of sp³-hybridized carbons (Fsp3) is 0.538. The van der Waals surface area contributed by atoms with Crippen molar-refractivity contribution in [1.29, 1.82) is 0 Å². The van der Waals surface area contributed by atoms with Crippen molar-refractivity contribution < 1.29 is 10.2 Å². The molecule has 0 fully saturated rings. The normalized spacial score (nSPS) is 12.8. The highest BCUT2D eigenvalue weighted by atomic mass is 16.3. The summed E-state index contributed by atoms with van der Waals surface area (Å²) >= 11 is 0. The number of aliphatic hydroxyl groups excluding tert-OH is 1. The van der Waals surface area contributed by atoms with E-state index in [2.05, 4.69) is 5.32 Å². The van der Waals surface area contributed by atoms with Gasteiger partial charge >= 0.3 is 0 Å². The van der Waals surface area contributed by atoms with Crippen LogP contribution in [0, 0.1) is 19.8 Å². The van der Waals surface area contributed by atoms with Crippen LogP contribution in [0.25, 0.3) is 0 Å². The van der Waals surface area contributed by atoms with E-state index in [0.29, 0.717) is 12.3 Å². The topological polar surface area (TPSA) is 52.5 Å². The van der Waals surface area contributed by atoms with Gasteiger partial charge in [-0.25, -0.2) is 0 Å². The number of hydrogen-bond acceptors (Lipinski definition) is 3. The van der Waals surface area contributed by atoms with Gasteiger partial charge in [0.1, 0.15) is 5.75 Å². The number of aliphatic hydroxyl groups is 1. The van der Waals surface area contributed by atoms with Gasteiger partial charge in [0.2, 0.25) is 0 Å². The molecule has 0 aliphatic carbocycles. The van der Waals surface area contributed by atoms with Gasteiger partial charge in [-0.15, -0.1) is 0 Å². The molecule has 0 aliphatic heterocycles. The van der Waals surface area contributed by atoms with Crippen molar-refractivity contribution in [2.45, 2.75) is 27.3 Å². The monoisotopic (exact) mass is 223 g/mol. The minimum absolute atomic E-state index is 0.186. The second kappa shape index (κ2) is 5.87. The maximum atomic E-state index is 9.75. The maximum Gasteiger partial charge on any atom is 0.120 e. The van der Waals surface area contributed by atoms with Crippen LogP contribution >= 0.6 is 0 Å². The molecular formula is C13H21NO2. The van der Waals surface area contributed by atoms with Gasteiger partial charge in [-0.2, -0.15) is 0 Å². The quantitative estimate of drug-likeness (QED) is 0.712. The van der Waals surface area contributed by atoms with Crippen LogP contribution in [0.5, 0.6) is 5.75 Å². The summed E-state index contributed by atoms with van der Waals surface area (Å²) in [5, 5.41) is 21.8. The average Bonchev–Trinajstić information content (AvgIpc) is 2.25. The molecule has 1 aromatic rings. The Labute approximate surface area is 97.1 Å². The Morgan fingerprint density at radius 3 is 2.50 bits per heavy atom. The number of aryl methyl sites for hydroxylation is 2. The Kier molecular flexibility index (Phi) is 4.77. The van der Waals surface area contributed by atoms with Crippen LogP contribution in [-0.2, 0) is 6.54 Å². The van der Waals surface area contributed by atoms with E-state index in [9.17, 15) is 5.11 Å². The van der Waals surface area contributed by atoms with E-state index < -0.39 is 0 Å². The van der Waals surface area contributed by atoms with Gasteiger partial charge in [0, 0.05) is 25.3 Å². The van der Waals surface area contributed by atoms with Crippen molar-refractivity contribution in [3.05, 3.63) is 28.8 Å². The van der Waals surface area contributed by atoms with Crippen LogP contribution in [0.4, 0.5) is 0 Å². The Bertz CT molecular complexity index is 350. The molecule has 16 heavy (non-hydrogen) atoms. The smallest absolute Gasteiger partial charge is 0.120 e. The summed E-state index contributed by atoms with van der Waals surface area (Å²) < 4.78 is 0. The van der Waals surface area contributed by atoms with Gasteiger partial charge in [-0.05, 0) is 37.0 Å². The third-order valence-electron chi connectivity index (χ3n) is 2.81. The van der Waals surface area contributed by atoms with Gasteiger partial charge in [0.25, 0.3) is 0 Å². The molecule has 90 valence electrons. The summed E-state index contributed by atoms with van der Waals surface area (Å²) in [4.78, 5) is 0. The van der Waals surface area contributed by atoms with Crippen molar-refractivity contribution in [2.24, 2.45) is 5.92 Å². The zero-order valence-corrected chi connectivity index (χ0v) is 10.2. The lowest BCUT2D eigenvalue weighted by atomic mass is 10.0. The number of phenols is 1. The van der Waals surface area contributed by atoms with Crippen LogP contribution in [0.1, 0.15) is 23.6 Å². The fourth-order valence-electron chi connectivity index (χ4n) is 1.52. The Balaban J connectivity index is 2.57. The summed E-state index contributed by atoms with van der Waals surface area (Å²) in [7, 11) is 0. The first kappa shape index (κ1) is 13.0. The number of aromatic hydroxyl groups is 1. The van der Waals surface area contributed by atoms with Gasteiger partial charge in [-0.1, -0.05) is 13.0 Å². The molecule has 1 unspecified atom stereocenters. The van der Waals surface area contributed by atoms with Gasteiger partial charge < -0.3 is 15.5 Å². The summed E-state index contributed by atoms with van der Waals surface area (Å²) in [5.74, 6) is 0.584. The molecule has 0 saturated heterocycles. The van der Waals surface area contributed by atoms with Gasteiger partial charge in [-0.3, -0.25) is 0 Å². The SMILES string of the molecule is Cc1cc(O)c(CNCC(C)CO)cc1C. The van der Waals surface area contributed by atoms with Crippen molar-refractivity contribution in [2.75, 3.05) is 13.2 Å². The van der Waals surface area contributed by atoms with Crippen LogP contribution in [0.2, 0.25) is 0 Å². The molecule has 0 heterocycles. The maximum absolute atomic E-state index is 9.75. The predicted molar refractivity (Wildman–Crippen MR) is 65.5 cm³/mol. The zero-order valence-electron chi connectivity index (χ0n) is 10.2. The van der Waals surface area contributed by atoms with Gasteiger partial charge in [0.15, 0.2) is 0 Å². The molecule has 3 nitrogen and oxygen atoms in total. The molecule has 3 heteroatoms. The van der Waals surface area contributed by atoms with E-state index in [-0.39, 0.29) is 12.5 Å². The summed E-state index contributed by atoms with van der Waals surface area (Å²) in [6, 6.07) is 3.79. The van der Waals surface area contributed by atoms with E-state index in [0.717, 1.165) is 17.7 Å². The second-order valence-electron chi connectivity index (χ2n) is 4.48. The Hall–Kier alpha value is -1.06. The average molecular weight is 223 g/mol. The highest BCUT2D eigenvalue weighted by Crippen LogP contribution is 2.21. The van der Waals surface area contributed by atoms with Crippen molar-refractivity contribution in [3.8, 4) is 5.75 Å². The first-order chi connectivity index (χ1) is 7.54. The van der Waals surface area contributed by atoms with Gasteiger partial charge in [0.05, 0.1) is 0 Å². The van der Waals surface area contributed by atoms with Crippen LogP contribution in [-0.4, -0.2) is 23.4 Å². The van der Waals surface area contributed by atoms with E-state index >= 15 is 0 Å². The molecule has 0 saturated carbocycles. The summed E-state index contributed by atoms with van der Waals surface area (Å²) in [5.41, 5.74) is 3.20. The first-order valence-corrected chi connectivity index (χ1v) is 5.65. The van der Waals surface area contributed by atoms with E-state index in [1.807, 2.05) is 26.8 Å². The predicted octanol–water partition coefficient (Wildman–Crippen LogP) is 1.73. The highest BCUT2D eigenvalue weighted by molar-refractivity contribution is 5.40. The molecule has 0 amide bonds. The van der Waals surface area contributed by atoms with Crippen LogP contribution < -0.4 is 5.32 Å². The summed E-state index contributed by atoms with van der Waals surface area (Å²) in [6.07, 6.45) is 0. The largest absolute Gasteiger partial charge is 0.508 e. The number of rotatable bonds is 5. The molecule has 0 aromatic heterocycles. The Morgan fingerprint density at radius 1 is 1.25 bits per heavy atom. The number of benzene rings is 1. The zero-order chi connectivity index (χ0) is 12.1. The number of nitrogens with one attached hydrogen (secondary N) is 1. The molecule has 0 aliphatic rings. The lowest BCUT2D eigenvalue weighted by Crippen LogP contribution is -2.22. The lowest BCUT2D eigenvalue weighted by molar-refractivity contribution is 0.233. The molecule has 1 aromatic carbocycles.